The molecule has 0 amide bonds. The molecule has 0 aliphatic carbocycles. The van der Waals surface area contributed by atoms with Crippen LogP contribution < -0.4 is 4.74 Å². The van der Waals surface area contributed by atoms with Gasteiger partial charge in [0.2, 0.25) is 11.6 Å². The normalized spacial score (nSPS) is 13.0. The van der Waals surface area contributed by atoms with E-state index in [1.54, 1.807) is 18.8 Å². The molecular formula is C12H11F3N4O5. The zero-order valence-electron chi connectivity index (χ0n) is 12.4. The topological polar surface area (TPSA) is 124 Å². The van der Waals surface area contributed by atoms with E-state index < -0.39 is 56.1 Å². The largest absolute Gasteiger partial charge is 0.482 e. The van der Waals surface area contributed by atoms with Crippen molar-refractivity contribution in [2.45, 2.75) is 32.5 Å². The molecule has 0 radical (unpaired) electrons. The summed E-state index contributed by atoms with van der Waals surface area (Å²) in [5.41, 5.74) is -2.91. The highest BCUT2D eigenvalue weighted by atomic mass is 19.4. The minimum Gasteiger partial charge on any atom is -0.482 e. The van der Waals surface area contributed by atoms with E-state index >= 15 is 0 Å². The number of benzene rings is 1. The van der Waals surface area contributed by atoms with Gasteiger partial charge in [-0.15, -0.1) is 0 Å². The zero-order chi connectivity index (χ0) is 18.2. The van der Waals surface area contributed by atoms with Crippen LogP contribution >= 0.6 is 0 Å². The van der Waals surface area contributed by atoms with Crippen LogP contribution in [0, 0.1) is 20.2 Å². The van der Waals surface area contributed by atoms with Crippen LogP contribution in [-0.2, 0) is 6.18 Å². The Morgan fingerprint density at radius 1 is 1.29 bits per heavy atom. The fourth-order valence-corrected chi connectivity index (χ4v) is 1.93. The van der Waals surface area contributed by atoms with Gasteiger partial charge in [-0.3, -0.25) is 20.2 Å². The van der Waals surface area contributed by atoms with Crippen molar-refractivity contribution in [3.63, 3.8) is 0 Å². The van der Waals surface area contributed by atoms with E-state index in [4.69, 9.17) is 4.74 Å². The molecule has 2 aromatic rings. The lowest BCUT2D eigenvalue weighted by Gasteiger charge is -2.12. The Hall–Kier alpha value is -2.92. The van der Waals surface area contributed by atoms with Crippen molar-refractivity contribution in [2.75, 3.05) is 0 Å². The number of rotatable bonds is 5. The summed E-state index contributed by atoms with van der Waals surface area (Å²) in [6, 6.07) is 0.554. The smallest absolute Gasteiger partial charge is 0.449 e. The van der Waals surface area contributed by atoms with Gasteiger partial charge in [-0.2, -0.15) is 13.2 Å². The van der Waals surface area contributed by atoms with Gasteiger partial charge in [0.25, 0.3) is 0 Å². The van der Waals surface area contributed by atoms with E-state index in [1.807, 2.05) is 0 Å². The molecule has 0 bridgehead atoms. The number of fused-ring (bicyclic) bond motifs is 1. The van der Waals surface area contributed by atoms with E-state index in [9.17, 15) is 33.4 Å². The second kappa shape index (κ2) is 5.94. The van der Waals surface area contributed by atoms with Gasteiger partial charge in [0, 0.05) is 0 Å². The van der Waals surface area contributed by atoms with Crippen molar-refractivity contribution in [1.29, 1.82) is 0 Å². The van der Waals surface area contributed by atoms with Crippen molar-refractivity contribution in [2.24, 2.45) is 0 Å². The van der Waals surface area contributed by atoms with Gasteiger partial charge in [0.15, 0.2) is 0 Å². The molecule has 24 heavy (non-hydrogen) atoms. The second-order valence-corrected chi connectivity index (χ2v) is 4.90. The molecule has 1 aromatic carbocycles. The number of non-ortho nitro benzene ring substituents is 1. The van der Waals surface area contributed by atoms with Crippen LogP contribution in [0.3, 0.4) is 0 Å². The third kappa shape index (κ3) is 3.07. The highest BCUT2D eigenvalue weighted by Crippen LogP contribution is 2.42. The molecule has 1 unspecified atom stereocenters. The number of aromatic nitrogens is 2. The number of alkyl halides is 3. The lowest BCUT2D eigenvalue weighted by Crippen LogP contribution is -2.12. The van der Waals surface area contributed by atoms with Crippen LogP contribution in [0.15, 0.2) is 6.07 Å². The van der Waals surface area contributed by atoms with Gasteiger partial charge in [-0.1, -0.05) is 6.92 Å². The Bertz CT molecular complexity index is 817. The Kier molecular flexibility index (Phi) is 4.32. The van der Waals surface area contributed by atoms with Crippen molar-refractivity contribution in [3.05, 3.63) is 32.1 Å². The number of H-pyrrole nitrogens is 1. The SMILES string of the molecule is CCC(C)Oc1c([N+](=O)[O-])cc([N+](=O)[O-])c2[nH]c(C(F)(F)F)nc12. The number of hydrogen-bond donors (Lipinski definition) is 1. The van der Waals surface area contributed by atoms with Gasteiger partial charge < -0.3 is 9.72 Å². The van der Waals surface area contributed by atoms with E-state index in [-0.39, 0.29) is 0 Å². The average molecular weight is 348 g/mol. The number of aromatic amines is 1. The molecule has 130 valence electrons. The summed E-state index contributed by atoms with van der Waals surface area (Å²) in [7, 11) is 0. The summed E-state index contributed by atoms with van der Waals surface area (Å²) < 4.78 is 43.8. The molecule has 0 fully saturated rings. The summed E-state index contributed by atoms with van der Waals surface area (Å²) in [5, 5.41) is 22.2. The number of imidazole rings is 1. The van der Waals surface area contributed by atoms with Crippen molar-refractivity contribution in [3.8, 4) is 5.75 Å². The minimum absolute atomic E-state index is 0.409. The standard InChI is InChI=1S/C12H11F3N4O5/c1-3-5(2)24-10-7(19(22)23)4-6(18(20)21)8-9(10)17-11(16-8)12(13,14)15/h4-5H,3H2,1-2H3,(H,16,17). The van der Waals surface area contributed by atoms with Crippen molar-refractivity contribution >= 4 is 22.4 Å². The number of nitro benzene ring substituents is 2. The Labute approximate surface area is 131 Å². The number of ether oxygens (including phenoxy) is 1. The maximum absolute atomic E-state index is 12.8. The summed E-state index contributed by atoms with van der Waals surface area (Å²) in [5.74, 6) is -2.04. The molecule has 2 rings (SSSR count). The fourth-order valence-electron chi connectivity index (χ4n) is 1.93. The van der Waals surface area contributed by atoms with Crippen LogP contribution in [0.1, 0.15) is 26.1 Å². The van der Waals surface area contributed by atoms with E-state index in [1.165, 1.54) is 0 Å². The molecule has 0 aliphatic heterocycles. The predicted molar refractivity (Wildman–Crippen MR) is 74.8 cm³/mol. The Morgan fingerprint density at radius 2 is 1.88 bits per heavy atom. The Morgan fingerprint density at radius 3 is 2.33 bits per heavy atom. The number of nitrogens with one attached hydrogen (secondary N) is 1. The van der Waals surface area contributed by atoms with E-state index in [2.05, 4.69) is 4.98 Å². The van der Waals surface area contributed by atoms with Gasteiger partial charge in [0.05, 0.1) is 16.0 Å². The fraction of sp³-hybridized carbons (Fsp3) is 0.417. The quantitative estimate of drug-likeness (QED) is 0.650. The van der Waals surface area contributed by atoms with Gasteiger partial charge in [-0.25, -0.2) is 4.98 Å². The van der Waals surface area contributed by atoms with Gasteiger partial charge >= 0.3 is 17.6 Å². The first-order valence-electron chi connectivity index (χ1n) is 6.65. The molecular weight excluding hydrogens is 337 g/mol. The molecule has 0 aliphatic rings. The Balaban J connectivity index is 2.87. The van der Waals surface area contributed by atoms with Crippen LogP contribution in [0.2, 0.25) is 0 Å². The minimum atomic E-state index is -4.91. The van der Waals surface area contributed by atoms with Crippen LogP contribution in [0.25, 0.3) is 11.0 Å². The molecule has 0 saturated carbocycles. The molecule has 9 nitrogen and oxygen atoms in total. The summed E-state index contributed by atoms with van der Waals surface area (Å²) >= 11 is 0. The maximum atomic E-state index is 12.8. The summed E-state index contributed by atoms with van der Waals surface area (Å²) in [6.07, 6.45) is -5.07. The zero-order valence-corrected chi connectivity index (χ0v) is 12.4. The third-order valence-corrected chi connectivity index (χ3v) is 3.24. The highest BCUT2D eigenvalue weighted by molar-refractivity contribution is 5.93. The number of halogens is 3. The molecule has 1 N–H and O–H groups in total. The predicted octanol–water partition coefficient (Wildman–Crippen LogP) is 3.58. The van der Waals surface area contributed by atoms with Crippen molar-refractivity contribution in [1.82, 2.24) is 9.97 Å². The van der Waals surface area contributed by atoms with Crippen molar-refractivity contribution < 1.29 is 27.8 Å². The molecule has 1 atom stereocenters. The molecule has 0 saturated heterocycles. The lowest BCUT2D eigenvalue weighted by molar-refractivity contribution is -0.393. The number of nitrogens with zero attached hydrogens (tertiary/aromatic N) is 3. The first-order valence-corrected chi connectivity index (χ1v) is 6.65. The van der Waals surface area contributed by atoms with Crippen LogP contribution in [0.5, 0.6) is 5.75 Å². The van der Waals surface area contributed by atoms with Crippen LogP contribution in [-0.4, -0.2) is 25.9 Å². The highest BCUT2D eigenvalue weighted by Gasteiger charge is 2.38. The van der Waals surface area contributed by atoms with Gasteiger partial charge in [-0.05, 0) is 13.3 Å². The van der Waals surface area contributed by atoms with E-state index in [0.717, 1.165) is 0 Å². The lowest BCUT2D eigenvalue weighted by atomic mass is 10.2. The maximum Gasteiger partial charge on any atom is 0.449 e. The molecule has 0 spiro atoms. The first-order chi connectivity index (χ1) is 11.1. The summed E-state index contributed by atoms with van der Waals surface area (Å²) in [4.78, 5) is 25.3. The molecule has 12 heteroatoms. The third-order valence-electron chi connectivity index (χ3n) is 3.24. The second-order valence-electron chi connectivity index (χ2n) is 4.90. The monoisotopic (exact) mass is 348 g/mol. The summed E-state index contributed by atoms with van der Waals surface area (Å²) in [6.45, 7) is 3.25. The number of hydrogen-bond acceptors (Lipinski definition) is 6. The first kappa shape index (κ1) is 17.4. The molecule has 1 aromatic heterocycles. The van der Waals surface area contributed by atoms with Gasteiger partial charge in [0.1, 0.15) is 17.1 Å². The number of nitro groups is 2. The average Bonchev–Trinajstić information content (AvgIpc) is 2.91. The van der Waals surface area contributed by atoms with E-state index in [0.29, 0.717) is 12.5 Å². The van der Waals surface area contributed by atoms with Crippen LogP contribution in [0.4, 0.5) is 24.5 Å². The molecule has 1 heterocycles.